The first-order valence-electron chi connectivity index (χ1n) is 7.43. The molecular weight excluding hydrogens is 298 g/mol. The second kappa shape index (κ2) is 7.65. The molecule has 1 rings (SSSR count). The molecule has 6 heteroatoms. The van der Waals surface area contributed by atoms with Gasteiger partial charge >= 0.3 is 6.09 Å². The van der Waals surface area contributed by atoms with Crippen LogP contribution in [-0.4, -0.2) is 38.8 Å². The highest BCUT2D eigenvalue weighted by Gasteiger charge is 2.37. The predicted molar refractivity (Wildman–Crippen MR) is 90.0 cm³/mol. The fraction of sp³-hybridized carbons (Fsp3) is 0.562. The Hall–Kier alpha value is -1.53. The molecule has 1 unspecified atom stereocenters. The summed E-state index contributed by atoms with van der Waals surface area (Å²) in [5, 5.41) is 11.5. The van der Waals surface area contributed by atoms with Crippen LogP contribution in [0.5, 0.6) is 5.75 Å². The van der Waals surface area contributed by atoms with Crippen LogP contribution in [0.25, 0.3) is 0 Å². The van der Waals surface area contributed by atoms with Crippen LogP contribution >= 0.6 is 0 Å². The van der Waals surface area contributed by atoms with Crippen molar-refractivity contribution in [1.82, 2.24) is 5.32 Å². The first kappa shape index (κ1) is 18.5. The minimum Gasteiger partial charge on any atom is -0.491 e. The molecule has 0 aromatic heterocycles. The SMILES string of the molecule is CC(C)(C)[Si](C)(C)OCC(COc1ccccc1)NC(=O)O. The summed E-state index contributed by atoms with van der Waals surface area (Å²) in [6.45, 7) is 11.3. The van der Waals surface area contributed by atoms with Crippen molar-refractivity contribution in [3.63, 3.8) is 0 Å². The third-order valence-electron chi connectivity index (χ3n) is 3.97. The summed E-state index contributed by atoms with van der Waals surface area (Å²) in [6.07, 6.45) is -1.07. The Kier molecular flexibility index (Phi) is 6.43. The fourth-order valence-corrected chi connectivity index (χ4v) is 2.60. The number of amides is 1. The van der Waals surface area contributed by atoms with Crippen molar-refractivity contribution in [2.24, 2.45) is 0 Å². The van der Waals surface area contributed by atoms with Gasteiger partial charge in [-0.3, -0.25) is 0 Å². The number of benzene rings is 1. The maximum Gasteiger partial charge on any atom is 0.405 e. The predicted octanol–water partition coefficient (Wildman–Crippen LogP) is 3.72. The van der Waals surface area contributed by atoms with E-state index in [0.717, 1.165) is 0 Å². The van der Waals surface area contributed by atoms with Gasteiger partial charge in [-0.25, -0.2) is 4.79 Å². The third kappa shape index (κ3) is 6.07. The summed E-state index contributed by atoms with van der Waals surface area (Å²) < 4.78 is 11.7. The second-order valence-corrected chi connectivity index (χ2v) is 11.7. The molecule has 0 spiro atoms. The molecule has 124 valence electrons. The summed E-state index contributed by atoms with van der Waals surface area (Å²) in [6, 6.07) is 8.94. The van der Waals surface area contributed by atoms with Crippen molar-refractivity contribution in [2.75, 3.05) is 13.2 Å². The molecule has 22 heavy (non-hydrogen) atoms. The van der Waals surface area contributed by atoms with Gasteiger partial charge in [-0.2, -0.15) is 0 Å². The van der Waals surface area contributed by atoms with Crippen LogP contribution < -0.4 is 10.1 Å². The molecule has 5 nitrogen and oxygen atoms in total. The number of carboxylic acid groups (broad SMARTS) is 1. The van der Waals surface area contributed by atoms with Crippen molar-refractivity contribution in [3.05, 3.63) is 30.3 Å². The van der Waals surface area contributed by atoms with Crippen LogP contribution in [0.15, 0.2) is 30.3 Å². The number of carbonyl (C=O) groups is 1. The monoisotopic (exact) mass is 325 g/mol. The number of ether oxygens (including phenoxy) is 1. The van der Waals surface area contributed by atoms with E-state index >= 15 is 0 Å². The number of rotatable bonds is 7. The Morgan fingerprint density at radius 1 is 1.23 bits per heavy atom. The Morgan fingerprint density at radius 3 is 2.32 bits per heavy atom. The zero-order chi connectivity index (χ0) is 16.8. The van der Waals surface area contributed by atoms with Gasteiger partial charge in [0.2, 0.25) is 0 Å². The van der Waals surface area contributed by atoms with Crippen molar-refractivity contribution in [3.8, 4) is 5.75 Å². The molecule has 2 N–H and O–H groups in total. The van der Waals surface area contributed by atoms with Crippen molar-refractivity contribution >= 4 is 14.4 Å². The molecule has 0 aliphatic rings. The smallest absolute Gasteiger partial charge is 0.405 e. The Bertz CT molecular complexity index is 471. The average Bonchev–Trinajstić information content (AvgIpc) is 2.41. The minimum atomic E-state index is -1.92. The van der Waals surface area contributed by atoms with E-state index in [1.807, 2.05) is 30.3 Å². The molecule has 1 atom stereocenters. The van der Waals surface area contributed by atoms with Crippen LogP contribution in [0.4, 0.5) is 4.79 Å². The van der Waals surface area contributed by atoms with Gasteiger partial charge in [0, 0.05) is 0 Å². The zero-order valence-corrected chi connectivity index (χ0v) is 15.1. The van der Waals surface area contributed by atoms with Gasteiger partial charge in [-0.15, -0.1) is 0 Å². The number of hydrogen-bond donors (Lipinski definition) is 2. The standard InChI is InChI=1S/C16H27NO4Si/c1-16(2,3)22(4,5)21-12-13(17-15(18)19)11-20-14-9-7-6-8-10-14/h6-10,13,17H,11-12H2,1-5H3,(H,18,19). The normalized spacial score (nSPS) is 13.5. The van der Waals surface area contributed by atoms with E-state index in [1.54, 1.807) is 0 Å². The van der Waals surface area contributed by atoms with Crippen molar-refractivity contribution in [2.45, 2.75) is 44.9 Å². The Balaban J connectivity index is 2.59. The topological polar surface area (TPSA) is 67.8 Å². The van der Waals surface area contributed by atoms with E-state index < -0.39 is 20.5 Å². The van der Waals surface area contributed by atoms with Gasteiger partial charge in [0.1, 0.15) is 12.4 Å². The van der Waals surface area contributed by atoms with E-state index in [4.69, 9.17) is 14.3 Å². The summed E-state index contributed by atoms with van der Waals surface area (Å²) >= 11 is 0. The average molecular weight is 325 g/mol. The summed E-state index contributed by atoms with van der Waals surface area (Å²) in [5.41, 5.74) is 0. The van der Waals surface area contributed by atoms with Gasteiger partial charge in [0.15, 0.2) is 8.32 Å². The highest BCUT2D eigenvalue weighted by atomic mass is 28.4. The quantitative estimate of drug-likeness (QED) is 0.750. The highest BCUT2D eigenvalue weighted by molar-refractivity contribution is 6.74. The lowest BCUT2D eigenvalue weighted by molar-refractivity contribution is 0.158. The maximum atomic E-state index is 10.9. The van der Waals surface area contributed by atoms with E-state index in [1.165, 1.54) is 0 Å². The molecule has 0 saturated carbocycles. The Morgan fingerprint density at radius 2 is 1.82 bits per heavy atom. The lowest BCUT2D eigenvalue weighted by Crippen LogP contribution is -2.48. The number of nitrogens with one attached hydrogen (secondary N) is 1. The first-order chi connectivity index (χ1) is 10.1. The molecule has 0 aliphatic heterocycles. The van der Waals surface area contributed by atoms with Crippen LogP contribution in [0.1, 0.15) is 20.8 Å². The number of hydrogen-bond acceptors (Lipinski definition) is 3. The van der Waals surface area contributed by atoms with E-state index in [0.29, 0.717) is 12.4 Å². The zero-order valence-electron chi connectivity index (χ0n) is 14.1. The molecule has 0 saturated heterocycles. The minimum absolute atomic E-state index is 0.0844. The molecular formula is C16H27NO4Si. The Labute approximate surface area is 133 Å². The van der Waals surface area contributed by atoms with Gasteiger partial charge in [0.25, 0.3) is 0 Å². The highest BCUT2D eigenvalue weighted by Crippen LogP contribution is 2.36. The largest absolute Gasteiger partial charge is 0.491 e. The maximum absolute atomic E-state index is 10.9. The number of para-hydroxylation sites is 1. The molecule has 0 heterocycles. The van der Waals surface area contributed by atoms with Crippen molar-refractivity contribution < 1.29 is 19.1 Å². The summed E-state index contributed by atoms with van der Waals surface area (Å²) in [4.78, 5) is 10.9. The van der Waals surface area contributed by atoms with E-state index in [2.05, 4.69) is 39.2 Å². The van der Waals surface area contributed by atoms with E-state index in [-0.39, 0.29) is 11.6 Å². The third-order valence-corrected chi connectivity index (χ3v) is 8.47. The molecule has 0 fully saturated rings. The van der Waals surface area contributed by atoms with Gasteiger partial charge < -0.3 is 19.6 Å². The van der Waals surface area contributed by atoms with Crippen molar-refractivity contribution in [1.29, 1.82) is 0 Å². The second-order valence-electron chi connectivity index (χ2n) is 6.84. The summed E-state index contributed by atoms with van der Waals surface area (Å²) in [7, 11) is -1.92. The van der Waals surface area contributed by atoms with Crippen LogP contribution in [0.3, 0.4) is 0 Å². The van der Waals surface area contributed by atoms with Crippen LogP contribution in [0, 0.1) is 0 Å². The summed E-state index contributed by atoms with van der Waals surface area (Å²) in [5.74, 6) is 0.715. The van der Waals surface area contributed by atoms with Gasteiger partial charge in [0.05, 0.1) is 12.6 Å². The van der Waals surface area contributed by atoms with E-state index in [9.17, 15) is 4.79 Å². The molecule has 1 aromatic carbocycles. The fourth-order valence-electron chi connectivity index (χ4n) is 1.55. The first-order valence-corrected chi connectivity index (χ1v) is 10.3. The molecule has 1 aromatic rings. The van der Waals surface area contributed by atoms with Gasteiger partial charge in [-0.1, -0.05) is 39.0 Å². The van der Waals surface area contributed by atoms with Gasteiger partial charge in [-0.05, 0) is 30.3 Å². The van der Waals surface area contributed by atoms with Crippen LogP contribution in [-0.2, 0) is 4.43 Å². The molecule has 0 radical (unpaired) electrons. The lowest BCUT2D eigenvalue weighted by Gasteiger charge is -2.37. The molecule has 0 aliphatic carbocycles. The van der Waals surface area contributed by atoms with Crippen LogP contribution in [0.2, 0.25) is 18.1 Å². The molecule has 0 bridgehead atoms. The lowest BCUT2D eigenvalue weighted by atomic mass is 10.2. The molecule has 1 amide bonds.